The van der Waals surface area contributed by atoms with E-state index < -0.39 is 5.97 Å². The van der Waals surface area contributed by atoms with Gasteiger partial charge in [0.15, 0.2) is 5.13 Å². The van der Waals surface area contributed by atoms with Crippen LogP contribution >= 0.6 is 11.3 Å². The second-order valence-corrected chi connectivity index (χ2v) is 5.08. The van der Waals surface area contributed by atoms with Crippen LogP contribution in [0.1, 0.15) is 27.9 Å². The van der Waals surface area contributed by atoms with Crippen LogP contribution in [0.25, 0.3) is 0 Å². The monoisotopic (exact) mass is 278 g/mol. The molecule has 3 N–H and O–H groups in total. The molecule has 0 radical (unpaired) electrons. The summed E-state index contributed by atoms with van der Waals surface area (Å²) in [7, 11) is 0. The minimum Gasteiger partial charge on any atom is -0.508 e. The number of phenols is 1. The van der Waals surface area contributed by atoms with E-state index in [-0.39, 0.29) is 10.6 Å². The highest BCUT2D eigenvalue weighted by atomic mass is 32.1. The van der Waals surface area contributed by atoms with E-state index in [2.05, 4.69) is 10.3 Å². The second kappa shape index (κ2) is 5.27. The number of aromatic carboxylic acids is 1. The summed E-state index contributed by atoms with van der Waals surface area (Å²) in [6, 6.07) is 4.94. The lowest BCUT2D eigenvalue weighted by molar-refractivity contribution is 0.0701. The van der Waals surface area contributed by atoms with Gasteiger partial charge in [-0.2, -0.15) is 0 Å². The summed E-state index contributed by atoms with van der Waals surface area (Å²) < 4.78 is 0. The van der Waals surface area contributed by atoms with E-state index in [1.165, 1.54) is 0 Å². The Balaban J connectivity index is 2.31. The smallest absolute Gasteiger partial charge is 0.347 e. The zero-order chi connectivity index (χ0) is 14.0. The van der Waals surface area contributed by atoms with Gasteiger partial charge in [-0.25, -0.2) is 9.78 Å². The predicted molar refractivity (Wildman–Crippen MR) is 74.6 cm³/mol. The van der Waals surface area contributed by atoms with Gasteiger partial charge in [-0.15, -0.1) is 0 Å². The predicted octanol–water partition coefficient (Wildman–Crippen LogP) is 3.16. The Morgan fingerprint density at radius 2 is 2.21 bits per heavy atom. The maximum absolute atomic E-state index is 11.1. The lowest BCUT2D eigenvalue weighted by atomic mass is 10.2. The van der Waals surface area contributed by atoms with Gasteiger partial charge in [0, 0.05) is 5.69 Å². The molecule has 0 bridgehead atoms. The molecule has 19 heavy (non-hydrogen) atoms. The number of aryl methyl sites for hydroxylation is 2. The van der Waals surface area contributed by atoms with Crippen LogP contribution in [0.4, 0.5) is 10.8 Å². The van der Waals surface area contributed by atoms with Gasteiger partial charge in [-0.1, -0.05) is 18.3 Å². The number of carboxylic acid groups (broad SMARTS) is 1. The number of nitrogens with one attached hydrogen (secondary N) is 1. The molecule has 0 aliphatic heterocycles. The number of hydrogen-bond acceptors (Lipinski definition) is 5. The number of carbonyl (C=O) groups is 1. The number of anilines is 2. The second-order valence-electron chi connectivity index (χ2n) is 4.08. The summed E-state index contributed by atoms with van der Waals surface area (Å²) in [6.45, 7) is 3.73. The summed E-state index contributed by atoms with van der Waals surface area (Å²) in [5.74, 6) is -0.757. The summed E-state index contributed by atoms with van der Waals surface area (Å²) in [5, 5.41) is 22.0. The molecular formula is C13H14N2O3S. The molecule has 0 saturated carbocycles. The molecule has 100 valence electrons. The maximum Gasteiger partial charge on any atom is 0.347 e. The number of phenolic OH excluding ortho intramolecular Hbond substituents is 1. The molecule has 2 aromatic rings. The number of aromatic nitrogens is 1. The van der Waals surface area contributed by atoms with Gasteiger partial charge in [0.05, 0.1) is 5.69 Å². The van der Waals surface area contributed by atoms with Crippen molar-refractivity contribution in [2.24, 2.45) is 0 Å². The molecule has 1 aromatic heterocycles. The number of rotatable bonds is 4. The highest BCUT2D eigenvalue weighted by Crippen LogP contribution is 2.29. The summed E-state index contributed by atoms with van der Waals surface area (Å²) in [5.41, 5.74) is 2.24. The lowest BCUT2D eigenvalue weighted by Crippen LogP contribution is -1.97. The van der Waals surface area contributed by atoms with Gasteiger partial charge in [-0.3, -0.25) is 0 Å². The average molecular weight is 278 g/mol. The van der Waals surface area contributed by atoms with Crippen molar-refractivity contribution < 1.29 is 15.0 Å². The zero-order valence-corrected chi connectivity index (χ0v) is 11.4. The molecule has 0 saturated heterocycles. The molecule has 0 unspecified atom stereocenters. The summed E-state index contributed by atoms with van der Waals surface area (Å²) in [6.07, 6.45) is 0.578. The lowest BCUT2D eigenvalue weighted by Gasteiger charge is -2.06. The Kier molecular flexibility index (Phi) is 3.71. The standard InChI is InChI=1S/C13H14N2O3S/c1-3-9-11(12(17)18)19-13(14-9)15-10-5-4-8(16)6-7(10)2/h4-6,16H,3H2,1-2H3,(H,14,15)(H,17,18). The van der Waals surface area contributed by atoms with E-state index in [0.29, 0.717) is 17.2 Å². The fraction of sp³-hybridized carbons (Fsp3) is 0.231. The van der Waals surface area contributed by atoms with E-state index >= 15 is 0 Å². The molecule has 0 aliphatic carbocycles. The number of hydrogen-bond donors (Lipinski definition) is 3. The molecule has 2 rings (SSSR count). The van der Waals surface area contributed by atoms with Crippen LogP contribution in [0.5, 0.6) is 5.75 Å². The molecule has 6 heteroatoms. The average Bonchev–Trinajstić information content (AvgIpc) is 2.76. The third kappa shape index (κ3) is 2.85. The van der Waals surface area contributed by atoms with Crippen LogP contribution in [0.15, 0.2) is 18.2 Å². The molecule has 0 atom stereocenters. The topological polar surface area (TPSA) is 82.5 Å². The molecule has 0 aliphatic rings. The molecule has 0 spiro atoms. The van der Waals surface area contributed by atoms with Crippen LogP contribution < -0.4 is 5.32 Å². The van der Waals surface area contributed by atoms with Crippen molar-refractivity contribution in [2.75, 3.05) is 5.32 Å². The van der Waals surface area contributed by atoms with Crippen LogP contribution in [0.3, 0.4) is 0 Å². The highest BCUT2D eigenvalue weighted by molar-refractivity contribution is 7.17. The Labute approximate surface area is 114 Å². The largest absolute Gasteiger partial charge is 0.508 e. The molecule has 1 aromatic carbocycles. The normalized spacial score (nSPS) is 10.4. The summed E-state index contributed by atoms with van der Waals surface area (Å²) >= 11 is 1.12. The van der Waals surface area contributed by atoms with Crippen molar-refractivity contribution in [3.8, 4) is 5.75 Å². The van der Waals surface area contributed by atoms with Crippen molar-refractivity contribution in [1.29, 1.82) is 0 Å². The maximum atomic E-state index is 11.1. The zero-order valence-electron chi connectivity index (χ0n) is 10.6. The van der Waals surface area contributed by atoms with Gasteiger partial charge >= 0.3 is 5.97 Å². The van der Waals surface area contributed by atoms with Crippen molar-refractivity contribution in [2.45, 2.75) is 20.3 Å². The van der Waals surface area contributed by atoms with Crippen molar-refractivity contribution in [1.82, 2.24) is 4.98 Å². The van der Waals surface area contributed by atoms with Crippen LogP contribution in [0, 0.1) is 6.92 Å². The molecule has 1 heterocycles. The first-order chi connectivity index (χ1) is 9.01. The number of thiazole rings is 1. The van der Waals surface area contributed by atoms with Crippen LogP contribution in [-0.4, -0.2) is 21.2 Å². The first-order valence-corrected chi connectivity index (χ1v) is 6.62. The van der Waals surface area contributed by atoms with E-state index in [1.54, 1.807) is 18.2 Å². The third-order valence-corrected chi connectivity index (χ3v) is 3.68. The van der Waals surface area contributed by atoms with Crippen LogP contribution in [0.2, 0.25) is 0 Å². The van der Waals surface area contributed by atoms with Gasteiger partial charge < -0.3 is 15.5 Å². The number of aromatic hydroxyl groups is 1. The van der Waals surface area contributed by atoms with Crippen molar-refractivity contribution in [3.63, 3.8) is 0 Å². The SMILES string of the molecule is CCc1nc(Nc2ccc(O)cc2C)sc1C(=O)O. The fourth-order valence-electron chi connectivity index (χ4n) is 1.72. The Morgan fingerprint density at radius 1 is 1.47 bits per heavy atom. The molecule has 5 nitrogen and oxygen atoms in total. The van der Waals surface area contributed by atoms with E-state index in [9.17, 15) is 9.90 Å². The van der Waals surface area contributed by atoms with Gasteiger partial charge in [0.25, 0.3) is 0 Å². The van der Waals surface area contributed by atoms with Gasteiger partial charge in [-0.05, 0) is 37.1 Å². The van der Waals surface area contributed by atoms with Gasteiger partial charge in [0.2, 0.25) is 0 Å². The van der Waals surface area contributed by atoms with Crippen molar-refractivity contribution in [3.05, 3.63) is 34.3 Å². The number of carboxylic acids is 1. The minimum absolute atomic E-state index is 0.197. The Hall–Kier alpha value is -2.08. The van der Waals surface area contributed by atoms with E-state index in [1.807, 2.05) is 13.8 Å². The van der Waals surface area contributed by atoms with Gasteiger partial charge in [0.1, 0.15) is 10.6 Å². The first kappa shape index (κ1) is 13.4. The quantitative estimate of drug-likeness (QED) is 0.748. The van der Waals surface area contributed by atoms with E-state index in [0.717, 1.165) is 22.6 Å². The number of nitrogens with zero attached hydrogens (tertiary/aromatic N) is 1. The first-order valence-electron chi connectivity index (χ1n) is 5.81. The Bertz CT molecular complexity index is 622. The molecule has 0 amide bonds. The molecular weight excluding hydrogens is 264 g/mol. The van der Waals surface area contributed by atoms with Crippen LogP contribution in [-0.2, 0) is 6.42 Å². The number of benzene rings is 1. The third-order valence-electron chi connectivity index (χ3n) is 2.68. The van der Waals surface area contributed by atoms with E-state index in [4.69, 9.17) is 5.11 Å². The summed E-state index contributed by atoms with van der Waals surface area (Å²) in [4.78, 5) is 15.6. The fourth-order valence-corrected chi connectivity index (χ4v) is 2.62. The minimum atomic E-state index is -0.954. The molecule has 0 fully saturated rings. The highest BCUT2D eigenvalue weighted by Gasteiger charge is 2.16. The Morgan fingerprint density at radius 3 is 2.74 bits per heavy atom. The van der Waals surface area contributed by atoms with Crippen molar-refractivity contribution >= 4 is 28.1 Å².